The number of nitrogens with zero attached hydrogens (tertiary/aromatic N) is 1. The van der Waals surface area contributed by atoms with E-state index in [1.165, 1.54) is 0 Å². The normalized spacial score (nSPS) is 10.6. The quantitative estimate of drug-likeness (QED) is 0.710. The minimum Gasteiger partial charge on any atom is -0.496 e. The SMILES string of the molecule is COc1ccc2c(OC)cc(-c3ccccc3)nc2c1Cl. The van der Waals surface area contributed by atoms with Gasteiger partial charge in [0.15, 0.2) is 0 Å². The molecule has 3 aromatic rings. The van der Waals surface area contributed by atoms with Gasteiger partial charge in [-0.15, -0.1) is 0 Å². The predicted octanol–water partition coefficient (Wildman–Crippen LogP) is 4.57. The molecule has 0 aliphatic rings. The molecule has 0 saturated carbocycles. The minimum absolute atomic E-state index is 0.492. The minimum atomic E-state index is 0.492. The maximum atomic E-state index is 6.39. The number of pyridine rings is 1. The van der Waals surface area contributed by atoms with E-state index < -0.39 is 0 Å². The summed E-state index contributed by atoms with van der Waals surface area (Å²) in [4.78, 5) is 4.67. The Bertz CT molecular complexity index is 788. The van der Waals surface area contributed by atoms with Crippen molar-refractivity contribution in [1.29, 1.82) is 0 Å². The molecule has 0 fully saturated rings. The first-order valence-corrected chi connectivity index (χ1v) is 6.89. The fourth-order valence-corrected chi connectivity index (χ4v) is 2.58. The number of ether oxygens (including phenoxy) is 2. The predicted molar refractivity (Wildman–Crippen MR) is 85.3 cm³/mol. The van der Waals surface area contributed by atoms with Gasteiger partial charge in [-0.05, 0) is 12.1 Å². The number of benzene rings is 2. The Morgan fingerprint density at radius 3 is 2.29 bits per heavy atom. The van der Waals surface area contributed by atoms with Crippen LogP contribution in [0.25, 0.3) is 22.2 Å². The standard InChI is InChI=1S/C17H14ClNO2/c1-20-14-9-8-12-15(21-2)10-13(19-17(12)16(14)18)11-6-4-3-5-7-11/h3-10H,1-2H3. The molecule has 0 atom stereocenters. The molecule has 0 radical (unpaired) electrons. The first-order chi connectivity index (χ1) is 10.2. The number of rotatable bonds is 3. The number of hydrogen-bond acceptors (Lipinski definition) is 3. The van der Waals surface area contributed by atoms with Crippen LogP contribution in [0, 0.1) is 0 Å². The number of fused-ring (bicyclic) bond motifs is 1. The zero-order chi connectivity index (χ0) is 14.8. The second-order valence-electron chi connectivity index (χ2n) is 4.55. The first kappa shape index (κ1) is 13.7. The third-order valence-corrected chi connectivity index (χ3v) is 3.72. The van der Waals surface area contributed by atoms with Gasteiger partial charge in [-0.1, -0.05) is 41.9 Å². The monoisotopic (exact) mass is 299 g/mol. The van der Waals surface area contributed by atoms with Gasteiger partial charge in [0.25, 0.3) is 0 Å². The van der Waals surface area contributed by atoms with Gasteiger partial charge in [-0.2, -0.15) is 0 Å². The van der Waals surface area contributed by atoms with Crippen LogP contribution in [0.15, 0.2) is 48.5 Å². The van der Waals surface area contributed by atoms with Crippen LogP contribution < -0.4 is 9.47 Å². The van der Waals surface area contributed by atoms with E-state index in [1.807, 2.05) is 48.5 Å². The fourth-order valence-electron chi connectivity index (χ4n) is 2.29. The summed E-state index contributed by atoms with van der Waals surface area (Å²) in [5.74, 6) is 1.34. The van der Waals surface area contributed by atoms with Crippen LogP contribution in [0.4, 0.5) is 0 Å². The van der Waals surface area contributed by atoms with Crippen molar-refractivity contribution in [2.24, 2.45) is 0 Å². The number of methoxy groups -OCH3 is 2. The van der Waals surface area contributed by atoms with Crippen LogP contribution in [0.5, 0.6) is 11.5 Å². The van der Waals surface area contributed by atoms with Gasteiger partial charge in [0.1, 0.15) is 16.5 Å². The van der Waals surface area contributed by atoms with Crippen molar-refractivity contribution in [3.63, 3.8) is 0 Å². The summed E-state index contributed by atoms with van der Waals surface area (Å²) >= 11 is 6.39. The average Bonchev–Trinajstić information content (AvgIpc) is 2.55. The van der Waals surface area contributed by atoms with Crippen LogP contribution >= 0.6 is 11.6 Å². The topological polar surface area (TPSA) is 31.4 Å². The van der Waals surface area contributed by atoms with E-state index in [0.29, 0.717) is 16.3 Å². The molecular formula is C17H14ClNO2. The van der Waals surface area contributed by atoms with Crippen molar-refractivity contribution in [1.82, 2.24) is 4.98 Å². The molecule has 0 saturated heterocycles. The zero-order valence-corrected chi connectivity index (χ0v) is 12.5. The van der Waals surface area contributed by atoms with E-state index in [2.05, 4.69) is 4.98 Å². The van der Waals surface area contributed by atoms with E-state index in [4.69, 9.17) is 21.1 Å². The molecule has 0 spiro atoms. The third kappa shape index (κ3) is 2.41. The van der Waals surface area contributed by atoms with Crippen LogP contribution in [0.3, 0.4) is 0 Å². The lowest BCUT2D eigenvalue weighted by Gasteiger charge is -2.11. The summed E-state index contributed by atoms with van der Waals surface area (Å²) in [5.41, 5.74) is 2.50. The number of aromatic nitrogens is 1. The van der Waals surface area contributed by atoms with Crippen LogP contribution in [-0.2, 0) is 0 Å². The molecule has 1 aromatic heterocycles. The maximum absolute atomic E-state index is 6.39. The molecule has 3 rings (SSSR count). The fraction of sp³-hybridized carbons (Fsp3) is 0.118. The average molecular weight is 300 g/mol. The Hall–Kier alpha value is -2.26. The molecule has 4 heteroatoms. The van der Waals surface area contributed by atoms with Gasteiger partial charge < -0.3 is 9.47 Å². The van der Waals surface area contributed by atoms with E-state index in [0.717, 1.165) is 22.4 Å². The van der Waals surface area contributed by atoms with Crippen molar-refractivity contribution in [3.8, 4) is 22.8 Å². The molecule has 0 amide bonds. The molecule has 0 unspecified atom stereocenters. The van der Waals surface area contributed by atoms with Crippen molar-refractivity contribution in [3.05, 3.63) is 53.6 Å². The Balaban J connectivity index is 2.31. The Kier molecular flexibility index (Phi) is 3.67. The lowest BCUT2D eigenvalue weighted by Crippen LogP contribution is -1.93. The summed E-state index contributed by atoms with van der Waals surface area (Å²) in [5, 5.41) is 1.36. The molecular weight excluding hydrogens is 286 g/mol. The van der Waals surface area contributed by atoms with Crippen molar-refractivity contribution < 1.29 is 9.47 Å². The van der Waals surface area contributed by atoms with Crippen LogP contribution in [0.1, 0.15) is 0 Å². The van der Waals surface area contributed by atoms with Crippen LogP contribution in [-0.4, -0.2) is 19.2 Å². The lowest BCUT2D eigenvalue weighted by atomic mass is 10.1. The Morgan fingerprint density at radius 1 is 0.905 bits per heavy atom. The summed E-state index contributed by atoms with van der Waals surface area (Å²) in [6.45, 7) is 0. The largest absolute Gasteiger partial charge is 0.496 e. The van der Waals surface area contributed by atoms with Crippen molar-refractivity contribution in [2.45, 2.75) is 0 Å². The number of halogens is 1. The highest BCUT2D eigenvalue weighted by Crippen LogP contribution is 2.37. The number of hydrogen-bond donors (Lipinski definition) is 0. The zero-order valence-electron chi connectivity index (χ0n) is 11.8. The highest BCUT2D eigenvalue weighted by molar-refractivity contribution is 6.36. The van der Waals surface area contributed by atoms with Gasteiger partial charge in [-0.25, -0.2) is 4.98 Å². The van der Waals surface area contributed by atoms with Crippen molar-refractivity contribution in [2.75, 3.05) is 14.2 Å². The Morgan fingerprint density at radius 2 is 1.62 bits per heavy atom. The van der Waals surface area contributed by atoms with Crippen molar-refractivity contribution >= 4 is 22.5 Å². The van der Waals surface area contributed by atoms with E-state index >= 15 is 0 Å². The highest BCUT2D eigenvalue weighted by Gasteiger charge is 2.13. The van der Waals surface area contributed by atoms with E-state index in [-0.39, 0.29) is 0 Å². The summed E-state index contributed by atoms with van der Waals surface area (Å²) < 4.78 is 10.7. The smallest absolute Gasteiger partial charge is 0.139 e. The molecule has 1 heterocycles. The molecule has 3 nitrogen and oxygen atoms in total. The van der Waals surface area contributed by atoms with E-state index in [1.54, 1.807) is 14.2 Å². The molecule has 106 valence electrons. The summed E-state index contributed by atoms with van der Waals surface area (Å²) in [6.07, 6.45) is 0. The Labute approximate surface area is 128 Å². The third-order valence-electron chi connectivity index (χ3n) is 3.36. The maximum Gasteiger partial charge on any atom is 0.139 e. The highest BCUT2D eigenvalue weighted by atomic mass is 35.5. The van der Waals surface area contributed by atoms with E-state index in [9.17, 15) is 0 Å². The second kappa shape index (κ2) is 5.62. The van der Waals surface area contributed by atoms with Gasteiger partial charge in [0.05, 0.1) is 25.4 Å². The first-order valence-electron chi connectivity index (χ1n) is 6.51. The molecule has 21 heavy (non-hydrogen) atoms. The molecule has 0 aliphatic carbocycles. The summed E-state index contributed by atoms with van der Waals surface area (Å²) in [6, 6.07) is 15.6. The molecule has 0 N–H and O–H groups in total. The lowest BCUT2D eigenvalue weighted by molar-refractivity contribution is 0.414. The molecule has 0 aliphatic heterocycles. The molecule has 0 bridgehead atoms. The van der Waals surface area contributed by atoms with Gasteiger partial charge >= 0.3 is 0 Å². The second-order valence-corrected chi connectivity index (χ2v) is 4.93. The van der Waals surface area contributed by atoms with Gasteiger partial charge in [-0.3, -0.25) is 0 Å². The van der Waals surface area contributed by atoms with Crippen LogP contribution in [0.2, 0.25) is 5.02 Å². The molecule has 2 aromatic carbocycles. The summed E-state index contributed by atoms with van der Waals surface area (Å²) in [7, 11) is 3.23. The van der Waals surface area contributed by atoms with Gasteiger partial charge in [0, 0.05) is 17.0 Å². The van der Waals surface area contributed by atoms with Gasteiger partial charge in [0.2, 0.25) is 0 Å².